The summed E-state index contributed by atoms with van der Waals surface area (Å²) in [4.78, 5) is 35.5. The lowest BCUT2D eigenvalue weighted by Gasteiger charge is -2.18. The fraction of sp³-hybridized carbons (Fsp3) is 0.471. The van der Waals surface area contributed by atoms with Gasteiger partial charge < -0.3 is 21.1 Å². The molecule has 0 fully saturated rings. The zero-order chi connectivity index (χ0) is 18.3. The second kappa shape index (κ2) is 8.90. The van der Waals surface area contributed by atoms with E-state index in [0.717, 1.165) is 0 Å². The Morgan fingerprint density at radius 1 is 1.04 bits per heavy atom. The molecular formula is C17H25N3O4. The first-order valence-electron chi connectivity index (χ1n) is 7.91. The Labute approximate surface area is 141 Å². The molecule has 0 aromatic heterocycles. The Bertz CT molecular complexity index is 599. The lowest BCUT2D eigenvalue weighted by atomic mass is 10.0. The highest BCUT2D eigenvalue weighted by Gasteiger charge is 2.23. The van der Waals surface area contributed by atoms with Gasteiger partial charge >= 0.3 is 12.0 Å². The number of amides is 3. The van der Waals surface area contributed by atoms with Crippen molar-refractivity contribution >= 4 is 23.6 Å². The van der Waals surface area contributed by atoms with Crippen molar-refractivity contribution in [2.45, 2.75) is 46.2 Å². The van der Waals surface area contributed by atoms with Gasteiger partial charge in [0.15, 0.2) is 0 Å². The Kier molecular flexibility index (Phi) is 7.23. The fourth-order valence-electron chi connectivity index (χ4n) is 2.14. The summed E-state index contributed by atoms with van der Waals surface area (Å²) in [5.41, 5.74) is 0.535. The van der Waals surface area contributed by atoms with Gasteiger partial charge in [-0.05, 0) is 38.3 Å². The maximum atomic E-state index is 12.4. The summed E-state index contributed by atoms with van der Waals surface area (Å²) in [5.74, 6) is -1.50. The van der Waals surface area contributed by atoms with Crippen molar-refractivity contribution in [3.05, 3.63) is 29.8 Å². The van der Waals surface area contributed by atoms with Gasteiger partial charge in [0, 0.05) is 6.04 Å². The Morgan fingerprint density at radius 3 is 2.21 bits per heavy atom. The van der Waals surface area contributed by atoms with Crippen LogP contribution in [-0.4, -0.2) is 35.1 Å². The molecule has 0 aliphatic heterocycles. The SMILES string of the molecule is CC(C)C[C@@H](NC(=O)c1ccccc1NC(=O)NC(C)C)C(=O)O. The van der Waals surface area contributed by atoms with Crippen molar-refractivity contribution < 1.29 is 19.5 Å². The predicted octanol–water partition coefficient (Wildman–Crippen LogP) is 2.45. The van der Waals surface area contributed by atoms with E-state index in [2.05, 4.69) is 16.0 Å². The second-order valence-corrected chi connectivity index (χ2v) is 6.29. The van der Waals surface area contributed by atoms with E-state index < -0.39 is 23.9 Å². The molecule has 24 heavy (non-hydrogen) atoms. The number of anilines is 1. The minimum absolute atomic E-state index is 0.0478. The molecule has 1 aromatic carbocycles. The normalized spacial score (nSPS) is 11.9. The summed E-state index contributed by atoms with van der Waals surface area (Å²) in [5, 5.41) is 17.0. The number of hydrogen-bond donors (Lipinski definition) is 4. The van der Waals surface area contributed by atoms with E-state index in [1.807, 2.05) is 27.7 Å². The van der Waals surface area contributed by atoms with Crippen LogP contribution in [0.15, 0.2) is 24.3 Å². The second-order valence-electron chi connectivity index (χ2n) is 6.29. The number of carboxylic acids is 1. The zero-order valence-corrected chi connectivity index (χ0v) is 14.4. The quantitative estimate of drug-likeness (QED) is 0.614. The number of benzene rings is 1. The van der Waals surface area contributed by atoms with Crippen molar-refractivity contribution in [2.75, 3.05) is 5.32 Å². The van der Waals surface area contributed by atoms with Crippen LogP contribution in [0.2, 0.25) is 0 Å². The average molecular weight is 335 g/mol. The van der Waals surface area contributed by atoms with E-state index in [0.29, 0.717) is 12.1 Å². The molecule has 0 heterocycles. The van der Waals surface area contributed by atoms with Crippen LogP contribution >= 0.6 is 0 Å². The Morgan fingerprint density at radius 2 is 1.67 bits per heavy atom. The Balaban J connectivity index is 2.90. The van der Waals surface area contributed by atoms with E-state index in [9.17, 15) is 19.5 Å². The number of carboxylic acid groups (broad SMARTS) is 1. The molecule has 0 saturated carbocycles. The molecule has 1 atom stereocenters. The molecule has 132 valence electrons. The monoisotopic (exact) mass is 335 g/mol. The summed E-state index contributed by atoms with van der Waals surface area (Å²) < 4.78 is 0. The van der Waals surface area contributed by atoms with Gasteiger partial charge in [-0.15, -0.1) is 0 Å². The van der Waals surface area contributed by atoms with Crippen molar-refractivity contribution in [3.63, 3.8) is 0 Å². The van der Waals surface area contributed by atoms with E-state index in [4.69, 9.17) is 0 Å². The number of aliphatic carboxylic acids is 1. The molecule has 0 spiro atoms. The minimum Gasteiger partial charge on any atom is -0.480 e. The number of carbonyl (C=O) groups excluding carboxylic acids is 2. The van der Waals surface area contributed by atoms with Crippen LogP contribution < -0.4 is 16.0 Å². The molecule has 7 nitrogen and oxygen atoms in total. The maximum absolute atomic E-state index is 12.4. The highest BCUT2D eigenvalue weighted by molar-refractivity contribution is 6.04. The first-order valence-corrected chi connectivity index (χ1v) is 7.91. The number of nitrogens with one attached hydrogen (secondary N) is 3. The standard InChI is InChI=1S/C17H25N3O4/c1-10(2)9-14(16(22)23)19-15(21)12-7-5-6-8-13(12)20-17(24)18-11(3)4/h5-8,10-11,14H,9H2,1-4H3,(H,19,21)(H,22,23)(H2,18,20,24)/t14-/m1/s1. The topological polar surface area (TPSA) is 108 Å². The van der Waals surface area contributed by atoms with Crippen molar-refractivity contribution in [1.29, 1.82) is 0 Å². The van der Waals surface area contributed by atoms with Gasteiger partial charge in [-0.2, -0.15) is 0 Å². The van der Waals surface area contributed by atoms with Crippen molar-refractivity contribution in [3.8, 4) is 0 Å². The maximum Gasteiger partial charge on any atom is 0.326 e. The lowest BCUT2D eigenvalue weighted by molar-refractivity contribution is -0.139. The third kappa shape index (κ3) is 6.28. The van der Waals surface area contributed by atoms with Gasteiger partial charge in [0.05, 0.1) is 11.3 Å². The molecule has 0 aliphatic carbocycles. The van der Waals surface area contributed by atoms with Crippen LogP contribution in [0.1, 0.15) is 44.5 Å². The molecule has 1 aromatic rings. The van der Waals surface area contributed by atoms with E-state index >= 15 is 0 Å². The highest BCUT2D eigenvalue weighted by atomic mass is 16.4. The van der Waals surface area contributed by atoms with E-state index in [-0.39, 0.29) is 17.5 Å². The summed E-state index contributed by atoms with van der Waals surface area (Å²) in [6.07, 6.45) is 0.324. The molecule has 3 amide bonds. The third-order valence-corrected chi connectivity index (χ3v) is 3.15. The molecule has 1 rings (SSSR count). The number of rotatable bonds is 7. The molecule has 0 bridgehead atoms. The molecule has 0 aliphatic rings. The fourth-order valence-corrected chi connectivity index (χ4v) is 2.14. The molecular weight excluding hydrogens is 310 g/mol. The molecule has 0 radical (unpaired) electrons. The van der Waals surface area contributed by atoms with Crippen molar-refractivity contribution in [2.24, 2.45) is 5.92 Å². The first kappa shape index (κ1) is 19.5. The Hall–Kier alpha value is -2.57. The van der Waals surface area contributed by atoms with Gasteiger partial charge in [-0.1, -0.05) is 26.0 Å². The molecule has 0 saturated heterocycles. The zero-order valence-electron chi connectivity index (χ0n) is 14.4. The first-order chi connectivity index (χ1) is 11.2. The number of carbonyl (C=O) groups is 3. The van der Waals surface area contributed by atoms with Crippen molar-refractivity contribution in [1.82, 2.24) is 10.6 Å². The molecule has 7 heteroatoms. The molecule has 0 unspecified atom stereocenters. The summed E-state index contributed by atoms with van der Waals surface area (Å²) >= 11 is 0. The highest BCUT2D eigenvalue weighted by Crippen LogP contribution is 2.16. The van der Waals surface area contributed by atoms with Crippen LogP contribution in [0, 0.1) is 5.92 Å². The van der Waals surface area contributed by atoms with Crippen LogP contribution in [-0.2, 0) is 4.79 Å². The average Bonchev–Trinajstić information content (AvgIpc) is 2.45. The van der Waals surface area contributed by atoms with Crippen LogP contribution in [0.25, 0.3) is 0 Å². The summed E-state index contributed by atoms with van der Waals surface area (Å²) in [6.45, 7) is 7.41. The minimum atomic E-state index is -1.08. The van der Waals surface area contributed by atoms with E-state index in [1.165, 1.54) is 6.07 Å². The predicted molar refractivity (Wildman–Crippen MR) is 92.1 cm³/mol. The summed E-state index contributed by atoms with van der Waals surface area (Å²) in [7, 11) is 0. The van der Waals surface area contributed by atoms with Crippen LogP contribution in [0.5, 0.6) is 0 Å². The van der Waals surface area contributed by atoms with Gasteiger partial charge in [0.1, 0.15) is 6.04 Å². The van der Waals surface area contributed by atoms with E-state index in [1.54, 1.807) is 18.2 Å². The number of hydrogen-bond acceptors (Lipinski definition) is 3. The smallest absolute Gasteiger partial charge is 0.326 e. The summed E-state index contributed by atoms with van der Waals surface area (Å²) in [6, 6.07) is 5.01. The number of para-hydroxylation sites is 1. The van der Waals surface area contributed by atoms with Crippen LogP contribution in [0.3, 0.4) is 0 Å². The largest absolute Gasteiger partial charge is 0.480 e. The van der Waals surface area contributed by atoms with Gasteiger partial charge in [0.2, 0.25) is 0 Å². The third-order valence-electron chi connectivity index (χ3n) is 3.15. The van der Waals surface area contributed by atoms with Gasteiger partial charge in [-0.25, -0.2) is 9.59 Å². The molecule has 4 N–H and O–H groups in total. The van der Waals surface area contributed by atoms with Gasteiger partial charge in [-0.3, -0.25) is 4.79 Å². The van der Waals surface area contributed by atoms with Crippen LogP contribution in [0.4, 0.5) is 10.5 Å². The van der Waals surface area contributed by atoms with Gasteiger partial charge in [0.25, 0.3) is 5.91 Å². The lowest BCUT2D eigenvalue weighted by Crippen LogP contribution is -2.42. The number of urea groups is 1.